The molecular weight excluding hydrogens is 406 g/mol. The smallest absolute Gasteiger partial charge is 0.407 e. The molecule has 2 aliphatic carbocycles. The number of rotatable bonds is 5. The molecule has 0 bridgehead atoms. The number of benzene rings is 1. The lowest BCUT2D eigenvalue weighted by Crippen LogP contribution is -2.51. The third-order valence-corrected chi connectivity index (χ3v) is 7.20. The molecule has 0 radical (unpaired) electrons. The molecule has 1 N–H and O–H groups in total. The average Bonchev–Trinajstić information content (AvgIpc) is 3.31. The summed E-state index contributed by atoms with van der Waals surface area (Å²) in [6, 6.07) is 8.01. The van der Waals surface area contributed by atoms with E-state index >= 15 is 0 Å². The quantitative estimate of drug-likeness (QED) is 0.792. The molecule has 1 aromatic carbocycles. The monoisotopic (exact) mass is 427 g/mol. The van der Waals surface area contributed by atoms with E-state index in [1.165, 1.54) is 0 Å². The van der Waals surface area contributed by atoms with Crippen LogP contribution in [0.2, 0.25) is 5.15 Å². The third kappa shape index (κ3) is 2.80. The zero-order valence-corrected chi connectivity index (χ0v) is 17.1. The fourth-order valence-electron chi connectivity index (χ4n) is 5.18. The number of nitrogens with one attached hydrogen (secondary N) is 1. The third-order valence-electron chi connectivity index (χ3n) is 6.81. The van der Waals surface area contributed by atoms with Crippen molar-refractivity contribution in [2.75, 3.05) is 13.1 Å². The van der Waals surface area contributed by atoms with Crippen LogP contribution in [0.5, 0.6) is 0 Å². The zero-order valence-electron chi connectivity index (χ0n) is 16.4. The Hall–Kier alpha value is -2.61. The van der Waals surface area contributed by atoms with Crippen LogP contribution in [-0.4, -0.2) is 50.6 Å². The molecule has 9 heteroatoms. The van der Waals surface area contributed by atoms with Gasteiger partial charge in [0.1, 0.15) is 11.3 Å². The molecule has 1 spiro atoms. The van der Waals surface area contributed by atoms with Crippen LogP contribution in [-0.2, 0) is 11.2 Å². The molecule has 156 valence electrons. The van der Waals surface area contributed by atoms with Crippen molar-refractivity contribution in [2.24, 2.45) is 5.92 Å². The van der Waals surface area contributed by atoms with Gasteiger partial charge in [0.05, 0.1) is 18.6 Å². The molecule has 1 saturated heterocycles. The number of carbonyl (C=O) groups is 2. The van der Waals surface area contributed by atoms with Crippen molar-refractivity contribution in [2.45, 2.75) is 49.8 Å². The number of aromatic nitrogens is 3. The number of ether oxygens (including phenoxy) is 1. The Morgan fingerprint density at radius 1 is 1.23 bits per heavy atom. The van der Waals surface area contributed by atoms with Gasteiger partial charge in [-0.1, -0.05) is 35.0 Å². The number of carbonyl (C=O) groups excluding carboxylic acids is 2. The number of alkyl carbamates (subject to hydrolysis) is 1. The van der Waals surface area contributed by atoms with E-state index in [1.807, 2.05) is 29.2 Å². The van der Waals surface area contributed by atoms with Crippen molar-refractivity contribution >= 4 is 23.6 Å². The number of nitrogens with zero attached hydrogens (tertiary/aromatic N) is 4. The van der Waals surface area contributed by atoms with Gasteiger partial charge in [0, 0.05) is 18.5 Å². The Kier molecular flexibility index (Phi) is 3.90. The molecule has 1 aromatic heterocycles. The minimum absolute atomic E-state index is 0.0452. The van der Waals surface area contributed by atoms with E-state index in [0.717, 1.165) is 42.5 Å². The predicted octanol–water partition coefficient (Wildman–Crippen LogP) is 2.89. The normalized spacial score (nSPS) is 29.7. The molecule has 30 heavy (non-hydrogen) atoms. The Bertz CT molecular complexity index is 1040. The van der Waals surface area contributed by atoms with Gasteiger partial charge >= 0.3 is 6.09 Å². The van der Waals surface area contributed by atoms with Crippen LogP contribution in [0, 0.1) is 5.92 Å². The first kappa shape index (κ1) is 18.2. The lowest BCUT2D eigenvalue weighted by atomic mass is 9.70. The topological polar surface area (TPSA) is 89.4 Å². The molecule has 2 saturated carbocycles. The highest BCUT2D eigenvalue weighted by atomic mass is 35.5. The molecule has 2 aliphatic heterocycles. The zero-order chi connectivity index (χ0) is 20.5. The van der Waals surface area contributed by atoms with Gasteiger partial charge in [-0.2, -0.15) is 0 Å². The lowest BCUT2D eigenvalue weighted by molar-refractivity contribution is -0.0554. The van der Waals surface area contributed by atoms with Crippen molar-refractivity contribution in [3.8, 4) is 0 Å². The molecule has 2 amide bonds. The van der Waals surface area contributed by atoms with Crippen molar-refractivity contribution < 1.29 is 14.3 Å². The number of halogens is 1. The summed E-state index contributed by atoms with van der Waals surface area (Å²) in [6.07, 6.45) is 3.92. The van der Waals surface area contributed by atoms with Gasteiger partial charge in [0.15, 0.2) is 5.15 Å². The second-order valence-corrected chi connectivity index (χ2v) is 9.33. The van der Waals surface area contributed by atoms with Crippen LogP contribution in [0.4, 0.5) is 4.79 Å². The van der Waals surface area contributed by atoms with E-state index in [1.54, 1.807) is 4.68 Å². The summed E-state index contributed by atoms with van der Waals surface area (Å²) in [6.45, 7) is 1.19. The van der Waals surface area contributed by atoms with Crippen LogP contribution >= 0.6 is 11.6 Å². The first-order valence-corrected chi connectivity index (χ1v) is 10.9. The van der Waals surface area contributed by atoms with Crippen LogP contribution < -0.4 is 5.32 Å². The van der Waals surface area contributed by atoms with E-state index in [9.17, 15) is 9.59 Å². The van der Waals surface area contributed by atoms with Gasteiger partial charge < -0.3 is 15.0 Å². The average molecular weight is 428 g/mol. The van der Waals surface area contributed by atoms with Gasteiger partial charge in [-0.3, -0.25) is 4.79 Å². The molecule has 6 rings (SSSR count). The van der Waals surface area contributed by atoms with Gasteiger partial charge in [0.25, 0.3) is 5.91 Å². The van der Waals surface area contributed by atoms with Crippen LogP contribution in [0.3, 0.4) is 0 Å². The molecule has 2 aromatic rings. The summed E-state index contributed by atoms with van der Waals surface area (Å²) in [5.74, 6) is 0.347. The highest BCUT2D eigenvalue weighted by Crippen LogP contribution is 2.46. The van der Waals surface area contributed by atoms with Crippen molar-refractivity contribution in [1.29, 1.82) is 0 Å². The molecule has 8 nitrogen and oxygen atoms in total. The van der Waals surface area contributed by atoms with Gasteiger partial charge in [-0.15, -0.1) is 5.10 Å². The highest BCUT2D eigenvalue weighted by molar-refractivity contribution is 6.30. The lowest BCUT2D eigenvalue weighted by Gasteiger charge is -2.44. The first-order valence-electron chi connectivity index (χ1n) is 10.5. The van der Waals surface area contributed by atoms with Gasteiger partial charge in [-0.25, -0.2) is 9.48 Å². The fourth-order valence-corrected chi connectivity index (χ4v) is 5.47. The van der Waals surface area contributed by atoms with E-state index in [4.69, 9.17) is 16.3 Å². The molecule has 1 atom stereocenters. The molecule has 1 unspecified atom stereocenters. The first-order chi connectivity index (χ1) is 14.5. The van der Waals surface area contributed by atoms with Crippen molar-refractivity contribution in [1.82, 2.24) is 25.2 Å². The molecule has 3 fully saturated rings. The molecule has 3 heterocycles. The number of fused-ring (bicyclic) bond motifs is 1. The van der Waals surface area contributed by atoms with E-state index in [0.29, 0.717) is 36.6 Å². The summed E-state index contributed by atoms with van der Waals surface area (Å²) < 4.78 is 7.25. The maximum Gasteiger partial charge on any atom is 0.407 e. The standard InChI is InChI=1S/C21H22ClN5O3/c22-18-16(24-25-27(18)13-5-6-13)7-17-14-3-1-2-4-15(14)19(28)26(17)10-12-8-21(9-12)11-23-20(29)30-21/h1-4,12-13,17H,5-11H2,(H,23,29). The van der Waals surface area contributed by atoms with Crippen LogP contribution in [0.25, 0.3) is 0 Å². The molecule has 4 aliphatic rings. The SMILES string of the molecule is O=C1NCC2(CC(CN3C(=O)c4ccccc4C3Cc3nnn(C4CC4)c3Cl)C2)O1. The largest absolute Gasteiger partial charge is 0.441 e. The van der Waals surface area contributed by atoms with Crippen molar-refractivity contribution in [3.63, 3.8) is 0 Å². The van der Waals surface area contributed by atoms with Gasteiger partial charge in [0.2, 0.25) is 0 Å². The van der Waals surface area contributed by atoms with E-state index in [-0.39, 0.29) is 23.6 Å². The van der Waals surface area contributed by atoms with Crippen molar-refractivity contribution in [3.05, 3.63) is 46.2 Å². The number of amides is 2. The highest BCUT2D eigenvalue weighted by Gasteiger charge is 2.52. The Balaban J connectivity index is 1.24. The minimum Gasteiger partial charge on any atom is -0.441 e. The Morgan fingerprint density at radius 3 is 2.77 bits per heavy atom. The minimum atomic E-state index is -0.386. The summed E-state index contributed by atoms with van der Waals surface area (Å²) in [5, 5.41) is 11.9. The summed E-state index contributed by atoms with van der Waals surface area (Å²) in [5.41, 5.74) is 2.11. The van der Waals surface area contributed by atoms with Crippen LogP contribution in [0.1, 0.15) is 59.4 Å². The maximum atomic E-state index is 13.2. The van der Waals surface area contributed by atoms with E-state index < -0.39 is 0 Å². The Morgan fingerprint density at radius 2 is 2.03 bits per heavy atom. The molecular formula is C21H22ClN5O3. The second kappa shape index (κ2) is 6.44. The number of hydrogen-bond donors (Lipinski definition) is 1. The van der Waals surface area contributed by atoms with Gasteiger partial charge in [-0.05, 0) is 43.2 Å². The summed E-state index contributed by atoms with van der Waals surface area (Å²) >= 11 is 6.57. The Labute approximate surface area is 178 Å². The fraction of sp³-hybridized carbons (Fsp3) is 0.524. The maximum absolute atomic E-state index is 13.2. The summed E-state index contributed by atoms with van der Waals surface area (Å²) in [4.78, 5) is 26.6. The van der Waals surface area contributed by atoms with Crippen LogP contribution in [0.15, 0.2) is 24.3 Å². The second-order valence-electron chi connectivity index (χ2n) is 8.97. The van der Waals surface area contributed by atoms with E-state index in [2.05, 4.69) is 15.6 Å². The summed E-state index contributed by atoms with van der Waals surface area (Å²) in [7, 11) is 0. The number of hydrogen-bond acceptors (Lipinski definition) is 5. The predicted molar refractivity (Wildman–Crippen MR) is 107 cm³/mol.